The number of fused-ring (bicyclic) bond motifs is 1. The number of aromatic nitrogens is 4. The number of nitrogens with two attached hydrogens (primary N) is 1. The zero-order valence-corrected chi connectivity index (χ0v) is 41.6. The summed E-state index contributed by atoms with van der Waals surface area (Å²) in [7, 11) is -16.4. The molecule has 1 fully saturated rings. The molecule has 0 aliphatic carbocycles. The summed E-state index contributed by atoms with van der Waals surface area (Å²) in [6.07, 6.45) is 8.21. The van der Waals surface area contributed by atoms with Crippen molar-refractivity contribution in [3.63, 3.8) is 0 Å². The van der Waals surface area contributed by atoms with Gasteiger partial charge < -0.3 is 56.0 Å². The summed E-state index contributed by atoms with van der Waals surface area (Å²) in [5, 5.41) is 36.6. The Bertz CT molecular complexity index is 2260. The lowest BCUT2D eigenvalue weighted by molar-refractivity contribution is -0.137. The fourth-order valence-corrected chi connectivity index (χ4v) is 9.77. The fraction of sp³-hybridized carbons (Fsp3) is 0.615. The number of rotatable bonds is 32. The molecule has 0 bridgehead atoms. The van der Waals surface area contributed by atoms with Crippen molar-refractivity contribution in [2.45, 2.75) is 115 Å². The third kappa shape index (κ3) is 21.7. The number of nitrogens with one attached hydrogen (secondary N) is 2. The van der Waals surface area contributed by atoms with E-state index < -0.39 is 90.7 Å². The number of ether oxygens (including phenoxy) is 1. The Hall–Kier alpha value is -3.59. The van der Waals surface area contributed by atoms with Crippen molar-refractivity contribution in [2.75, 3.05) is 37.8 Å². The van der Waals surface area contributed by atoms with Crippen molar-refractivity contribution in [2.24, 2.45) is 5.41 Å². The van der Waals surface area contributed by atoms with Crippen LogP contribution < -0.4 is 16.4 Å². The molecule has 0 radical (unpaired) electrons. The van der Waals surface area contributed by atoms with Crippen LogP contribution in [0.4, 0.5) is 5.82 Å². The van der Waals surface area contributed by atoms with Gasteiger partial charge in [0, 0.05) is 43.5 Å². The van der Waals surface area contributed by atoms with E-state index in [0.717, 1.165) is 61.1 Å². The Morgan fingerprint density at radius 2 is 1.61 bits per heavy atom. The number of nitrogens with zero attached hydrogens (tertiary/aromatic N) is 4. The third-order valence-corrected chi connectivity index (χ3v) is 14.0. The zero-order valence-electron chi connectivity index (χ0n) is 38.1. The Morgan fingerprint density at radius 1 is 0.928 bits per heavy atom. The van der Waals surface area contributed by atoms with Gasteiger partial charge in [-0.05, 0) is 18.9 Å². The van der Waals surface area contributed by atoms with E-state index in [1.165, 1.54) is 19.9 Å². The molecule has 26 nitrogen and oxygen atoms in total. The minimum atomic E-state index is -5.59. The van der Waals surface area contributed by atoms with Gasteiger partial charge in [0.1, 0.15) is 36.3 Å². The van der Waals surface area contributed by atoms with Crippen molar-refractivity contribution in [1.82, 2.24) is 30.2 Å². The fourth-order valence-electron chi connectivity index (χ4n) is 6.22. The predicted molar refractivity (Wildman–Crippen MR) is 248 cm³/mol. The maximum atomic E-state index is 12.7. The minimum Gasteiger partial charge on any atom is -0.389 e. The molecule has 388 valence electrons. The van der Waals surface area contributed by atoms with Crippen LogP contribution in [0.15, 0.2) is 49.1 Å². The van der Waals surface area contributed by atoms with Gasteiger partial charge in [0.05, 0.1) is 25.6 Å². The maximum absolute atomic E-state index is 12.7. The first-order valence-corrected chi connectivity index (χ1v) is 27.1. The summed E-state index contributed by atoms with van der Waals surface area (Å²) >= 11 is 1.09. The summed E-state index contributed by atoms with van der Waals surface area (Å²) in [6, 6.07) is 0. The molecular weight excluding hydrogens is 995 g/mol. The van der Waals surface area contributed by atoms with Gasteiger partial charge in [0.2, 0.25) is 11.8 Å². The van der Waals surface area contributed by atoms with E-state index in [9.17, 15) is 67.8 Å². The molecule has 1 aliphatic heterocycles. The Labute approximate surface area is 402 Å². The maximum Gasteiger partial charge on any atom is 0.481 e. The molecule has 2 aromatic heterocycles. The third-order valence-electron chi connectivity index (χ3n) is 9.94. The average Bonchev–Trinajstić information content (AvgIpc) is 3.83. The molecule has 30 heteroatoms. The Morgan fingerprint density at radius 3 is 2.32 bits per heavy atom. The topological polar surface area (TPSA) is 401 Å². The van der Waals surface area contributed by atoms with Crippen LogP contribution in [-0.2, 0) is 55.5 Å². The van der Waals surface area contributed by atoms with Crippen LogP contribution in [0.3, 0.4) is 0 Å². The second-order valence-electron chi connectivity index (χ2n) is 16.1. The number of hydrogen-bond acceptors (Lipinski definition) is 20. The molecule has 11 N–H and O–H groups in total. The second kappa shape index (κ2) is 28.4. The number of nitrogen functional groups attached to an aromatic ring is 1. The molecule has 8 atom stereocenters. The lowest BCUT2D eigenvalue weighted by Crippen LogP contribution is -2.46. The smallest absolute Gasteiger partial charge is 0.389 e. The molecule has 1 saturated heterocycles. The summed E-state index contributed by atoms with van der Waals surface area (Å²) in [4.78, 5) is 99.5. The summed E-state index contributed by atoms with van der Waals surface area (Å²) in [6.45, 7) is 2.21. The number of unbranched alkanes of at least 4 members (excludes halogenated alkanes) is 4. The molecule has 3 rings (SSSR count). The van der Waals surface area contributed by atoms with Gasteiger partial charge in [0.15, 0.2) is 28.6 Å². The summed E-state index contributed by atoms with van der Waals surface area (Å²) < 4.78 is 62.4. The van der Waals surface area contributed by atoms with Gasteiger partial charge in [-0.25, -0.2) is 28.6 Å². The summed E-state index contributed by atoms with van der Waals surface area (Å²) in [5.41, 5.74) is 4.24. The molecule has 0 spiro atoms. The molecule has 3 heterocycles. The number of phosphoric ester groups is 3. The van der Waals surface area contributed by atoms with Crippen LogP contribution in [0.5, 0.6) is 0 Å². The highest BCUT2D eigenvalue weighted by molar-refractivity contribution is 8.13. The number of amides is 2. The Balaban J connectivity index is 1.31. The lowest BCUT2D eigenvalue weighted by Gasteiger charge is -2.30. The molecule has 0 aromatic carbocycles. The molecular formula is C39H62N7O19P3S. The van der Waals surface area contributed by atoms with Gasteiger partial charge in [-0.1, -0.05) is 88.6 Å². The van der Waals surface area contributed by atoms with Crippen molar-refractivity contribution in [3.05, 3.63) is 49.1 Å². The molecule has 69 heavy (non-hydrogen) atoms. The number of anilines is 1. The van der Waals surface area contributed by atoms with E-state index in [-0.39, 0.29) is 47.4 Å². The number of thioether (sulfide) groups is 1. The first-order chi connectivity index (χ1) is 32.3. The van der Waals surface area contributed by atoms with E-state index in [1.807, 2.05) is 0 Å². The van der Waals surface area contributed by atoms with E-state index >= 15 is 0 Å². The average molecular weight is 1060 g/mol. The number of aliphatic hydroxyl groups excluding tert-OH is 3. The molecule has 2 amide bonds. The number of aliphatic hydroxyl groups is 3. The number of carbonyl (C=O) groups excluding carboxylic acids is 4. The SMILES string of the molecule is CCC(=O)/C=C/C=C/C=C/C(O)CCCCCCCC(=O)SCCNC(=O)CCNC(=O)C(O)C(C)(C)COP(=O)(O)OP(=O)(O)OCC1OC(n2cnc3c(N)ncnc32)C(O)C1OP(=O)(O)O. The van der Waals surface area contributed by atoms with Gasteiger partial charge in [0.25, 0.3) is 0 Å². The molecule has 1 aliphatic rings. The molecule has 2 aromatic rings. The van der Waals surface area contributed by atoms with Crippen LogP contribution in [0.25, 0.3) is 11.2 Å². The highest BCUT2D eigenvalue weighted by atomic mass is 32.2. The van der Waals surface area contributed by atoms with Crippen molar-refractivity contribution >= 4 is 74.9 Å². The van der Waals surface area contributed by atoms with E-state index in [2.05, 4.69) is 34.4 Å². The highest BCUT2D eigenvalue weighted by Crippen LogP contribution is 2.61. The number of hydrogen-bond donors (Lipinski definition) is 10. The standard InChI is InChI=1S/C39H62N7O19P3S/c1-4-26(47)14-10-8-9-12-16-27(48)15-11-6-5-7-13-17-30(50)69-21-20-41-29(49)18-19-42-37(53)34(52)39(2,3)23-62-68(59,60)65-67(57,58)61-22-28-33(64-66(54,55)56)32(51)38(63-28)46-25-45-31-35(40)43-24-44-36(31)46/h8-10,12,14,16,24-25,27-28,32-34,38,48,51-52H,4-7,11,13,15,17-23H2,1-3H3,(H,41,49)(H,42,53)(H,57,58)(H,59,60)(H2,40,43,44)(H2,54,55,56)/b9-8+,14-10+,16-12+. The first kappa shape index (κ1) is 59.7. The van der Waals surface area contributed by atoms with Crippen LogP contribution in [0.1, 0.15) is 84.8 Å². The largest absolute Gasteiger partial charge is 0.481 e. The number of allylic oxidation sites excluding steroid dienone is 5. The van der Waals surface area contributed by atoms with E-state index in [4.69, 9.17) is 19.5 Å². The lowest BCUT2D eigenvalue weighted by atomic mass is 9.87. The van der Waals surface area contributed by atoms with Gasteiger partial charge in [-0.2, -0.15) is 4.31 Å². The van der Waals surface area contributed by atoms with Crippen LogP contribution in [0, 0.1) is 5.41 Å². The predicted octanol–water partition coefficient (Wildman–Crippen LogP) is 2.40. The van der Waals surface area contributed by atoms with Crippen LogP contribution in [-0.4, -0.2) is 140 Å². The van der Waals surface area contributed by atoms with Gasteiger partial charge >= 0.3 is 23.5 Å². The number of phosphoric acid groups is 3. The normalized spacial score (nSPS) is 20.6. The van der Waals surface area contributed by atoms with Crippen molar-refractivity contribution < 1.29 is 90.4 Å². The number of imidazole rings is 1. The van der Waals surface area contributed by atoms with E-state index in [0.29, 0.717) is 25.0 Å². The highest BCUT2D eigenvalue weighted by Gasteiger charge is 2.50. The van der Waals surface area contributed by atoms with Gasteiger partial charge in [-0.15, -0.1) is 0 Å². The van der Waals surface area contributed by atoms with E-state index in [1.54, 1.807) is 37.3 Å². The zero-order chi connectivity index (χ0) is 51.4. The minimum absolute atomic E-state index is 0.0105. The Kier molecular flexibility index (Phi) is 24.6. The molecule has 0 saturated carbocycles. The summed E-state index contributed by atoms with van der Waals surface area (Å²) in [5.74, 6) is -1.11. The van der Waals surface area contributed by atoms with Gasteiger partial charge in [-0.3, -0.25) is 37.3 Å². The monoisotopic (exact) mass is 1060 g/mol. The number of ketones is 1. The van der Waals surface area contributed by atoms with Crippen LogP contribution >= 0.6 is 35.2 Å². The molecule has 8 unspecified atom stereocenters. The van der Waals surface area contributed by atoms with Crippen molar-refractivity contribution in [1.29, 1.82) is 0 Å². The van der Waals surface area contributed by atoms with Crippen molar-refractivity contribution in [3.8, 4) is 0 Å². The first-order valence-electron chi connectivity index (χ1n) is 21.6. The van der Waals surface area contributed by atoms with Crippen LogP contribution in [0.2, 0.25) is 0 Å². The number of carbonyl (C=O) groups is 4. The second-order valence-corrected chi connectivity index (χ2v) is 21.5. The quantitative estimate of drug-likeness (QED) is 0.0218.